The Kier molecular flexibility index (Phi) is 4.78. The number of hydrogen-bond acceptors (Lipinski definition) is 2. The van der Waals surface area contributed by atoms with Crippen molar-refractivity contribution < 1.29 is 0 Å². The second-order valence-corrected chi connectivity index (χ2v) is 6.27. The minimum atomic E-state index is 0.494. The van der Waals surface area contributed by atoms with Gasteiger partial charge in [-0.1, -0.05) is 37.1 Å². The summed E-state index contributed by atoms with van der Waals surface area (Å²) in [6.45, 7) is 6.59. The van der Waals surface area contributed by atoms with Gasteiger partial charge >= 0.3 is 0 Å². The molecule has 0 aliphatic heterocycles. The van der Waals surface area contributed by atoms with Gasteiger partial charge in [0.25, 0.3) is 0 Å². The van der Waals surface area contributed by atoms with Crippen LogP contribution in [0, 0.1) is 13.8 Å². The number of rotatable bonds is 5. The number of nitrogens with one attached hydrogen (secondary N) is 1. The Morgan fingerprint density at radius 1 is 1.16 bits per heavy atom. The third-order valence-electron chi connectivity index (χ3n) is 3.55. The molecule has 102 valence electrons. The van der Waals surface area contributed by atoms with Crippen LogP contribution >= 0.6 is 11.3 Å². The zero-order valence-electron chi connectivity index (χ0n) is 12.3. The van der Waals surface area contributed by atoms with Gasteiger partial charge in [0.2, 0.25) is 0 Å². The maximum Gasteiger partial charge on any atom is 0.0412 e. The van der Waals surface area contributed by atoms with E-state index in [4.69, 9.17) is 0 Å². The molecular formula is C17H23NS. The first kappa shape index (κ1) is 14.3. The molecule has 0 saturated carbocycles. The Morgan fingerprint density at radius 3 is 2.63 bits per heavy atom. The lowest BCUT2D eigenvalue weighted by Crippen LogP contribution is -2.14. The highest BCUT2D eigenvalue weighted by atomic mass is 32.1. The quantitative estimate of drug-likeness (QED) is 0.800. The minimum Gasteiger partial charge on any atom is -0.312 e. The van der Waals surface area contributed by atoms with E-state index in [9.17, 15) is 0 Å². The summed E-state index contributed by atoms with van der Waals surface area (Å²) >= 11 is 1.92. The topological polar surface area (TPSA) is 12.0 Å². The maximum atomic E-state index is 3.42. The van der Waals surface area contributed by atoms with Crippen molar-refractivity contribution in [3.8, 4) is 10.4 Å². The predicted octanol–water partition coefficient (Wildman–Crippen LogP) is 5.09. The molecule has 1 aromatic heterocycles. The average molecular weight is 273 g/mol. The highest BCUT2D eigenvalue weighted by Crippen LogP contribution is 2.34. The van der Waals surface area contributed by atoms with Crippen molar-refractivity contribution in [3.63, 3.8) is 0 Å². The standard InChI is InChI=1S/C17H23NS/c1-5-6-15(18-4)17-10-9-16(19-17)14-11-12(2)7-8-13(14)3/h7-11,15,18H,5-6H2,1-4H3. The second-order valence-electron chi connectivity index (χ2n) is 5.15. The lowest BCUT2D eigenvalue weighted by Gasteiger charge is -2.12. The first-order chi connectivity index (χ1) is 9.15. The van der Waals surface area contributed by atoms with E-state index in [1.165, 1.54) is 39.3 Å². The Bertz CT molecular complexity index is 542. The molecule has 0 aliphatic rings. The average Bonchev–Trinajstić information content (AvgIpc) is 2.88. The Hall–Kier alpha value is -1.12. The number of thiophene rings is 1. The van der Waals surface area contributed by atoms with Crippen molar-refractivity contribution in [2.45, 2.75) is 39.7 Å². The lowest BCUT2D eigenvalue weighted by atomic mass is 10.0. The third kappa shape index (κ3) is 3.26. The molecule has 0 radical (unpaired) electrons. The second kappa shape index (κ2) is 6.36. The molecule has 1 N–H and O–H groups in total. The van der Waals surface area contributed by atoms with E-state index in [2.05, 4.69) is 63.5 Å². The monoisotopic (exact) mass is 273 g/mol. The van der Waals surface area contributed by atoms with Gasteiger partial charge in [-0.3, -0.25) is 0 Å². The van der Waals surface area contributed by atoms with Gasteiger partial charge in [0, 0.05) is 15.8 Å². The number of benzene rings is 1. The SMILES string of the molecule is CCCC(NC)c1ccc(-c2cc(C)ccc2C)s1. The van der Waals surface area contributed by atoms with Gasteiger partial charge in [-0.05, 0) is 50.6 Å². The molecule has 2 heteroatoms. The summed E-state index contributed by atoms with van der Waals surface area (Å²) in [6.07, 6.45) is 2.41. The normalized spacial score (nSPS) is 12.6. The van der Waals surface area contributed by atoms with Crippen molar-refractivity contribution in [1.82, 2.24) is 5.32 Å². The molecule has 0 aliphatic carbocycles. The van der Waals surface area contributed by atoms with E-state index >= 15 is 0 Å². The van der Waals surface area contributed by atoms with Gasteiger partial charge in [0.05, 0.1) is 0 Å². The van der Waals surface area contributed by atoms with E-state index in [1.54, 1.807) is 0 Å². The summed E-state index contributed by atoms with van der Waals surface area (Å²) in [5.74, 6) is 0. The van der Waals surface area contributed by atoms with Crippen LogP contribution in [0.2, 0.25) is 0 Å². The van der Waals surface area contributed by atoms with Crippen LogP contribution in [-0.4, -0.2) is 7.05 Å². The molecule has 19 heavy (non-hydrogen) atoms. The van der Waals surface area contributed by atoms with E-state index < -0.39 is 0 Å². The third-order valence-corrected chi connectivity index (χ3v) is 4.79. The fourth-order valence-electron chi connectivity index (χ4n) is 2.40. The van der Waals surface area contributed by atoms with Crippen LogP contribution in [-0.2, 0) is 0 Å². The molecule has 1 nitrogen and oxygen atoms in total. The van der Waals surface area contributed by atoms with Crippen LogP contribution in [0.4, 0.5) is 0 Å². The molecule has 2 rings (SSSR count). The predicted molar refractivity (Wildman–Crippen MR) is 85.9 cm³/mol. The van der Waals surface area contributed by atoms with Gasteiger partial charge < -0.3 is 5.32 Å². The Balaban J connectivity index is 2.32. The van der Waals surface area contributed by atoms with Crippen molar-refractivity contribution in [2.75, 3.05) is 7.05 Å². The first-order valence-electron chi connectivity index (χ1n) is 7.00. The number of hydrogen-bond donors (Lipinski definition) is 1. The van der Waals surface area contributed by atoms with Crippen LogP contribution in [0.5, 0.6) is 0 Å². The van der Waals surface area contributed by atoms with Crippen LogP contribution < -0.4 is 5.32 Å². The summed E-state index contributed by atoms with van der Waals surface area (Å²) in [6, 6.07) is 11.7. The summed E-state index contributed by atoms with van der Waals surface area (Å²) in [5, 5.41) is 3.42. The first-order valence-corrected chi connectivity index (χ1v) is 7.82. The highest BCUT2D eigenvalue weighted by Gasteiger charge is 2.12. The summed E-state index contributed by atoms with van der Waals surface area (Å²) in [4.78, 5) is 2.83. The fraction of sp³-hybridized carbons (Fsp3) is 0.412. The zero-order valence-corrected chi connectivity index (χ0v) is 13.1. The molecule has 0 spiro atoms. The van der Waals surface area contributed by atoms with Crippen molar-refractivity contribution in [3.05, 3.63) is 46.3 Å². The molecule has 1 heterocycles. The summed E-state index contributed by atoms with van der Waals surface area (Å²) in [7, 11) is 2.05. The fourth-order valence-corrected chi connectivity index (χ4v) is 3.64. The highest BCUT2D eigenvalue weighted by molar-refractivity contribution is 7.15. The van der Waals surface area contributed by atoms with Crippen LogP contribution in [0.3, 0.4) is 0 Å². The molecule has 0 bridgehead atoms. The van der Waals surface area contributed by atoms with Gasteiger partial charge in [0.1, 0.15) is 0 Å². The van der Waals surface area contributed by atoms with Crippen LogP contribution in [0.15, 0.2) is 30.3 Å². The minimum absolute atomic E-state index is 0.494. The van der Waals surface area contributed by atoms with Crippen molar-refractivity contribution in [1.29, 1.82) is 0 Å². The number of aryl methyl sites for hydroxylation is 2. The van der Waals surface area contributed by atoms with E-state index in [1.807, 2.05) is 11.3 Å². The van der Waals surface area contributed by atoms with Gasteiger partial charge in [-0.2, -0.15) is 0 Å². The molecule has 0 amide bonds. The molecule has 1 unspecified atom stereocenters. The maximum absolute atomic E-state index is 3.42. The summed E-state index contributed by atoms with van der Waals surface area (Å²) in [5.41, 5.74) is 4.06. The lowest BCUT2D eigenvalue weighted by molar-refractivity contribution is 0.550. The van der Waals surface area contributed by atoms with Gasteiger partial charge in [-0.25, -0.2) is 0 Å². The van der Waals surface area contributed by atoms with Gasteiger partial charge in [0.15, 0.2) is 0 Å². The molecule has 0 fully saturated rings. The van der Waals surface area contributed by atoms with Crippen LogP contribution in [0.1, 0.15) is 41.8 Å². The molecule has 0 saturated heterocycles. The molecule has 1 aromatic carbocycles. The van der Waals surface area contributed by atoms with Crippen LogP contribution in [0.25, 0.3) is 10.4 Å². The molecular weight excluding hydrogens is 250 g/mol. The van der Waals surface area contributed by atoms with E-state index in [0.29, 0.717) is 6.04 Å². The van der Waals surface area contributed by atoms with Crippen molar-refractivity contribution >= 4 is 11.3 Å². The Morgan fingerprint density at radius 2 is 1.95 bits per heavy atom. The van der Waals surface area contributed by atoms with E-state index in [0.717, 1.165) is 0 Å². The smallest absolute Gasteiger partial charge is 0.0412 e. The zero-order chi connectivity index (χ0) is 13.8. The summed E-state index contributed by atoms with van der Waals surface area (Å²) < 4.78 is 0. The van der Waals surface area contributed by atoms with Gasteiger partial charge in [-0.15, -0.1) is 11.3 Å². The Labute approximate surface area is 120 Å². The largest absolute Gasteiger partial charge is 0.312 e. The van der Waals surface area contributed by atoms with Crippen molar-refractivity contribution in [2.24, 2.45) is 0 Å². The molecule has 2 aromatic rings. The molecule has 1 atom stereocenters. The van der Waals surface area contributed by atoms with E-state index in [-0.39, 0.29) is 0 Å².